The van der Waals surface area contributed by atoms with Crippen LogP contribution in [0.2, 0.25) is 0 Å². The van der Waals surface area contributed by atoms with Crippen molar-refractivity contribution in [3.05, 3.63) is 47.0 Å². The van der Waals surface area contributed by atoms with Gasteiger partial charge in [0, 0.05) is 11.6 Å². The topological polar surface area (TPSA) is 57.8 Å². The van der Waals surface area contributed by atoms with Crippen LogP contribution in [0.3, 0.4) is 0 Å². The van der Waals surface area contributed by atoms with Crippen molar-refractivity contribution in [1.82, 2.24) is 10.2 Å². The van der Waals surface area contributed by atoms with E-state index in [0.29, 0.717) is 11.6 Å². The number of H-pyrrole nitrogens is 1. The minimum atomic E-state index is -0.447. The highest BCUT2D eigenvalue weighted by atomic mass is 19.1. The van der Waals surface area contributed by atoms with Gasteiger partial charge in [0.2, 0.25) is 0 Å². The summed E-state index contributed by atoms with van der Waals surface area (Å²) in [6.45, 7) is 1.84. The average Bonchev–Trinajstić information content (AvgIpc) is 3.11. The number of carbonyl (C=O) groups is 1. The third-order valence-corrected chi connectivity index (χ3v) is 3.22. The van der Waals surface area contributed by atoms with Gasteiger partial charge in [-0.25, -0.2) is 4.39 Å². The van der Waals surface area contributed by atoms with E-state index in [2.05, 4.69) is 15.5 Å². The summed E-state index contributed by atoms with van der Waals surface area (Å²) in [6.07, 6.45) is 2.27. The predicted octanol–water partition coefficient (Wildman–Crippen LogP) is 2.99. The molecule has 2 N–H and O–H groups in total. The van der Waals surface area contributed by atoms with Gasteiger partial charge in [-0.05, 0) is 43.5 Å². The van der Waals surface area contributed by atoms with Crippen LogP contribution in [0.4, 0.5) is 10.1 Å². The van der Waals surface area contributed by atoms with Crippen LogP contribution in [0, 0.1) is 12.7 Å². The molecule has 0 spiro atoms. The predicted molar refractivity (Wildman–Crippen MR) is 69.7 cm³/mol. The van der Waals surface area contributed by atoms with Gasteiger partial charge in [0.15, 0.2) is 5.69 Å². The van der Waals surface area contributed by atoms with Crippen LogP contribution in [0.15, 0.2) is 24.3 Å². The Morgan fingerprint density at radius 3 is 2.95 bits per heavy atom. The highest BCUT2D eigenvalue weighted by Crippen LogP contribution is 2.39. The molecule has 5 heteroatoms. The van der Waals surface area contributed by atoms with Crippen LogP contribution < -0.4 is 5.32 Å². The van der Waals surface area contributed by atoms with E-state index in [4.69, 9.17) is 0 Å². The summed E-state index contributed by atoms with van der Waals surface area (Å²) >= 11 is 0. The van der Waals surface area contributed by atoms with Gasteiger partial charge in [-0.15, -0.1) is 0 Å². The van der Waals surface area contributed by atoms with Crippen molar-refractivity contribution >= 4 is 11.6 Å². The fourth-order valence-corrected chi connectivity index (χ4v) is 1.98. The Morgan fingerprint density at radius 1 is 1.42 bits per heavy atom. The van der Waals surface area contributed by atoms with Gasteiger partial charge in [-0.1, -0.05) is 6.07 Å². The van der Waals surface area contributed by atoms with Gasteiger partial charge >= 0.3 is 0 Å². The number of hydrogen-bond acceptors (Lipinski definition) is 2. The summed E-state index contributed by atoms with van der Waals surface area (Å²) in [5.74, 6) is -0.339. The number of aromatic amines is 1. The van der Waals surface area contributed by atoms with E-state index in [1.807, 2.05) is 6.92 Å². The number of aryl methyl sites for hydroxylation is 1. The van der Waals surface area contributed by atoms with Crippen molar-refractivity contribution in [2.24, 2.45) is 0 Å². The quantitative estimate of drug-likeness (QED) is 0.890. The Kier molecular flexibility index (Phi) is 2.81. The highest BCUT2D eigenvalue weighted by Gasteiger charge is 2.26. The molecule has 0 radical (unpaired) electrons. The van der Waals surface area contributed by atoms with Gasteiger partial charge < -0.3 is 5.32 Å². The molecule has 2 aromatic rings. The van der Waals surface area contributed by atoms with E-state index in [-0.39, 0.29) is 5.69 Å². The van der Waals surface area contributed by atoms with Crippen LogP contribution in [-0.4, -0.2) is 16.1 Å². The van der Waals surface area contributed by atoms with Crippen molar-refractivity contribution < 1.29 is 9.18 Å². The van der Waals surface area contributed by atoms with Crippen molar-refractivity contribution in [3.8, 4) is 0 Å². The molecule has 0 saturated heterocycles. The first-order valence-electron chi connectivity index (χ1n) is 6.26. The first-order chi connectivity index (χ1) is 9.13. The molecule has 0 atom stereocenters. The maximum Gasteiger partial charge on any atom is 0.276 e. The van der Waals surface area contributed by atoms with Crippen molar-refractivity contribution in [2.45, 2.75) is 25.7 Å². The molecule has 3 rings (SSSR count). The number of nitrogens with zero attached hydrogens (tertiary/aromatic N) is 1. The molecule has 1 saturated carbocycles. The Hall–Kier alpha value is -2.17. The molecule has 1 amide bonds. The van der Waals surface area contributed by atoms with Gasteiger partial charge in [-0.2, -0.15) is 5.10 Å². The van der Waals surface area contributed by atoms with E-state index >= 15 is 0 Å². The number of carbonyl (C=O) groups excluding carboxylic acids is 1. The summed E-state index contributed by atoms with van der Waals surface area (Å²) in [5.41, 5.74) is 2.34. The minimum absolute atomic E-state index is 0.181. The van der Waals surface area contributed by atoms with Gasteiger partial charge in [-0.3, -0.25) is 9.89 Å². The molecule has 0 unspecified atom stereocenters. The third kappa shape index (κ3) is 2.50. The molecule has 0 aliphatic heterocycles. The number of rotatable bonds is 3. The number of nitrogens with one attached hydrogen (secondary N) is 2. The number of aromatic nitrogens is 2. The number of hydrogen-bond donors (Lipinski definition) is 2. The average molecular weight is 259 g/mol. The van der Waals surface area contributed by atoms with Crippen LogP contribution >= 0.6 is 0 Å². The second-order valence-corrected chi connectivity index (χ2v) is 4.92. The summed E-state index contributed by atoms with van der Waals surface area (Å²) in [5, 5.41) is 9.37. The standard InChI is InChI=1S/C14H14FN3O/c1-8-2-5-10(15)12(6-8)16-14(19)13-7-11(17-18-13)9-3-4-9/h2,5-7,9H,3-4H2,1H3,(H,16,19)(H,17,18). The monoisotopic (exact) mass is 259 g/mol. The second kappa shape index (κ2) is 4.50. The fourth-order valence-electron chi connectivity index (χ4n) is 1.98. The van der Waals surface area contributed by atoms with E-state index in [0.717, 1.165) is 24.1 Å². The molecule has 19 heavy (non-hydrogen) atoms. The normalized spacial score (nSPS) is 14.4. The number of amides is 1. The lowest BCUT2D eigenvalue weighted by Crippen LogP contribution is -2.13. The van der Waals surface area contributed by atoms with Crippen LogP contribution in [0.5, 0.6) is 0 Å². The largest absolute Gasteiger partial charge is 0.318 e. The number of benzene rings is 1. The van der Waals surface area contributed by atoms with E-state index in [1.54, 1.807) is 18.2 Å². The Labute approximate surface area is 110 Å². The smallest absolute Gasteiger partial charge is 0.276 e. The highest BCUT2D eigenvalue weighted by molar-refractivity contribution is 6.03. The molecular weight excluding hydrogens is 245 g/mol. The van der Waals surface area contributed by atoms with Crippen molar-refractivity contribution in [2.75, 3.05) is 5.32 Å². The lowest BCUT2D eigenvalue weighted by Gasteiger charge is -2.05. The zero-order valence-electron chi connectivity index (χ0n) is 10.5. The molecule has 98 valence electrons. The number of halogens is 1. The van der Waals surface area contributed by atoms with E-state index < -0.39 is 11.7 Å². The molecular formula is C14H14FN3O. The van der Waals surface area contributed by atoms with Gasteiger partial charge in [0.05, 0.1) is 5.69 Å². The third-order valence-electron chi connectivity index (χ3n) is 3.22. The molecule has 1 aliphatic rings. The molecule has 1 aliphatic carbocycles. The SMILES string of the molecule is Cc1ccc(F)c(NC(=O)c2cc(C3CC3)[nH]n2)c1. The molecule has 1 aromatic heterocycles. The van der Waals surface area contributed by atoms with Crippen molar-refractivity contribution in [3.63, 3.8) is 0 Å². The summed E-state index contributed by atoms with van der Waals surface area (Å²) < 4.78 is 13.5. The first-order valence-corrected chi connectivity index (χ1v) is 6.26. The first kappa shape index (κ1) is 11.9. The molecule has 1 aromatic carbocycles. The maximum absolute atomic E-state index is 13.5. The Balaban J connectivity index is 1.77. The van der Waals surface area contributed by atoms with E-state index in [9.17, 15) is 9.18 Å². The zero-order valence-corrected chi connectivity index (χ0v) is 10.5. The molecule has 0 bridgehead atoms. The van der Waals surface area contributed by atoms with Gasteiger partial charge in [0.25, 0.3) is 5.91 Å². The van der Waals surface area contributed by atoms with Crippen LogP contribution in [-0.2, 0) is 0 Å². The fraction of sp³-hybridized carbons (Fsp3) is 0.286. The number of anilines is 1. The lowest BCUT2D eigenvalue weighted by atomic mass is 10.2. The second-order valence-electron chi connectivity index (χ2n) is 4.92. The van der Waals surface area contributed by atoms with Crippen LogP contribution in [0.1, 0.15) is 40.5 Å². The molecule has 1 fully saturated rings. The van der Waals surface area contributed by atoms with Gasteiger partial charge in [0.1, 0.15) is 5.82 Å². The summed E-state index contributed by atoms with van der Waals surface area (Å²) in [4.78, 5) is 12.0. The Morgan fingerprint density at radius 2 is 2.21 bits per heavy atom. The Bertz CT molecular complexity index is 631. The lowest BCUT2D eigenvalue weighted by molar-refractivity contribution is 0.102. The molecule has 1 heterocycles. The van der Waals surface area contributed by atoms with Crippen molar-refractivity contribution in [1.29, 1.82) is 0 Å². The summed E-state index contributed by atoms with van der Waals surface area (Å²) in [7, 11) is 0. The van der Waals surface area contributed by atoms with Crippen LogP contribution in [0.25, 0.3) is 0 Å². The summed E-state index contributed by atoms with van der Waals surface area (Å²) in [6, 6.07) is 6.33. The maximum atomic E-state index is 13.5. The minimum Gasteiger partial charge on any atom is -0.318 e. The zero-order chi connectivity index (χ0) is 13.4. The van der Waals surface area contributed by atoms with E-state index in [1.165, 1.54) is 6.07 Å². The molecule has 4 nitrogen and oxygen atoms in total.